The SMILES string of the molecule is CCCCCCCCCCCCCC(=O)O[C@H](COC(=O)CCCCCCCCC)COP(=O)(O)OC[C@H](O)COP(=O)(O)OC[C@@H](COC(=O)CCCCCCCCCCCC(C)C)OC(=O)CCCCCCCCCCCCCCCCC(C)C. The van der Waals surface area contributed by atoms with Crippen molar-refractivity contribution < 1.29 is 80.2 Å². The van der Waals surface area contributed by atoms with Crippen LogP contribution in [0.2, 0.25) is 0 Å². The Balaban J connectivity index is 5.20. The molecule has 19 heteroatoms. The number of ether oxygens (including phenoxy) is 4. The number of hydrogen-bond acceptors (Lipinski definition) is 15. The summed E-state index contributed by atoms with van der Waals surface area (Å²) < 4.78 is 68.1. The number of carbonyl (C=O) groups is 4. The zero-order chi connectivity index (χ0) is 64.3. The summed E-state index contributed by atoms with van der Waals surface area (Å²) in [4.78, 5) is 72.3. The van der Waals surface area contributed by atoms with E-state index in [9.17, 15) is 43.2 Å². The van der Waals surface area contributed by atoms with Gasteiger partial charge in [0.05, 0.1) is 26.4 Å². The summed E-state index contributed by atoms with van der Waals surface area (Å²) in [5.74, 6) is -0.592. The van der Waals surface area contributed by atoms with E-state index < -0.39 is 97.5 Å². The van der Waals surface area contributed by atoms with Gasteiger partial charge in [0.2, 0.25) is 0 Å². The summed E-state index contributed by atoms with van der Waals surface area (Å²) in [6.45, 7) is 9.49. The predicted octanol–water partition coefficient (Wildman–Crippen LogP) is 19.2. The molecular formula is C68H132O17P2. The Morgan fingerprint density at radius 2 is 0.529 bits per heavy atom. The van der Waals surface area contributed by atoms with Gasteiger partial charge in [-0.15, -0.1) is 0 Å². The molecule has 0 rings (SSSR count). The maximum atomic E-state index is 13.0. The lowest BCUT2D eigenvalue weighted by Crippen LogP contribution is -2.30. The predicted molar refractivity (Wildman–Crippen MR) is 349 cm³/mol. The fraction of sp³-hybridized carbons (Fsp3) is 0.941. The van der Waals surface area contributed by atoms with E-state index in [-0.39, 0.29) is 25.7 Å². The van der Waals surface area contributed by atoms with Gasteiger partial charge >= 0.3 is 39.5 Å². The van der Waals surface area contributed by atoms with Crippen molar-refractivity contribution in [3.63, 3.8) is 0 Å². The number of hydrogen-bond donors (Lipinski definition) is 3. The first-order valence-electron chi connectivity index (χ1n) is 35.5. The number of carbonyl (C=O) groups excluding carboxylic acids is 4. The van der Waals surface area contributed by atoms with Gasteiger partial charge in [0.1, 0.15) is 19.3 Å². The summed E-state index contributed by atoms with van der Waals surface area (Å²) in [5, 5.41) is 10.6. The van der Waals surface area contributed by atoms with E-state index in [1.54, 1.807) is 0 Å². The van der Waals surface area contributed by atoms with Gasteiger partial charge in [-0.25, -0.2) is 9.13 Å². The molecule has 0 saturated carbocycles. The van der Waals surface area contributed by atoms with Crippen molar-refractivity contribution in [1.82, 2.24) is 0 Å². The molecule has 0 aromatic heterocycles. The number of aliphatic hydroxyl groups is 1. The minimum Gasteiger partial charge on any atom is -0.462 e. The molecule has 0 fully saturated rings. The molecule has 2 unspecified atom stereocenters. The van der Waals surface area contributed by atoms with Gasteiger partial charge in [0, 0.05) is 25.7 Å². The molecule has 0 aromatic rings. The number of unbranched alkanes of at least 4 members (excludes halogenated alkanes) is 37. The van der Waals surface area contributed by atoms with E-state index in [0.29, 0.717) is 25.7 Å². The zero-order valence-corrected chi connectivity index (χ0v) is 58.1. The lowest BCUT2D eigenvalue weighted by atomic mass is 10.0. The largest absolute Gasteiger partial charge is 0.472 e. The van der Waals surface area contributed by atoms with Gasteiger partial charge in [-0.3, -0.25) is 37.3 Å². The average Bonchev–Trinajstić information content (AvgIpc) is 3.69. The second-order valence-electron chi connectivity index (χ2n) is 25.5. The van der Waals surface area contributed by atoms with Crippen molar-refractivity contribution in [3.8, 4) is 0 Å². The zero-order valence-electron chi connectivity index (χ0n) is 56.3. The molecule has 0 saturated heterocycles. The molecule has 0 bridgehead atoms. The third-order valence-corrected chi connectivity index (χ3v) is 17.6. The van der Waals surface area contributed by atoms with Crippen LogP contribution >= 0.6 is 15.6 Å². The standard InChI is InChI=1S/C68H132O17P2/c1-7-9-11-13-15-16-21-27-34-40-46-52-67(72)84-63(56-78-65(70)50-44-38-30-14-12-10-8-2)58-82-86(74,75)80-54-62(69)55-81-87(76,77)83-59-64(57-79-66(71)51-45-39-33-29-24-26-32-37-43-49-61(5)6)85-68(73)53-47-41-35-28-23-20-18-17-19-22-25-31-36-42-48-60(3)4/h60-64,69H,7-59H2,1-6H3,(H,74,75)(H,76,77)/t62-,63+,64+/m0/s1. The van der Waals surface area contributed by atoms with Gasteiger partial charge in [0.15, 0.2) is 12.2 Å². The second-order valence-corrected chi connectivity index (χ2v) is 28.4. The third kappa shape index (κ3) is 62.6. The lowest BCUT2D eigenvalue weighted by Gasteiger charge is -2.21. The Kier molecular flexibility index (Phi) is 59.0. The van der Waals surface area contributed by atoms with Crippen molar-refractivity contribution >= 4 is 39.5 Å². The Hall–Kier alpha value is -1.94. The van der Waals surface area contributed by atoms with Crippen LogP contribution in [0.4, 0.5) is 0 Å². The second kappa shape index (κ2) is 60.3. The van der Waals surface area contributed by atoms with E-state index in [0.717, 1.165) is 115 Å². The van der Waals surface area contributed by atoms with Crippen LogP contribution in [-0.4, -0.2) is 96.7 Å². The molecule has 5 atom stereocenters. The van der Waals surface area contributed by atoms with Gasteiger partial charge in [0.25, 0.3) is 0 Å². The number of rotatable bonds is 67. The summed E-state index contributed by atoms with van der Waals surface area (Å²) in [6.07, 6.45) is 44.5. The molecule has 0 heterocycles. The number of esters is 4. The molecule has 87 heavy (non-hydrogen) atoms. The summed E-state index contributed by atoms with van der Waals surface area (Å²) in [7, 11) is -9.89. The first kappa shape index (κ1) is 85.1. The molecule has 0 aliphatic rings. The number of aliphatic hydroxyl groups excluding tert-OH is 1. The maximum Gasteiger partial charge on any atom is 0.472 e. The van der Waals surface area contributed by atoms with E-state index >= 15 is 0 Å². The highest BCUT2D eigenvalue weighted by atomic mass is 31.2. The molecule has 516 valence electrons. The van der Waals surface area contributed by atoms with Crippen molar-refractivity contribution in [2.45, 2.75) is 362 Å². The highest BCUT2D eigenvalue weighted by molar-refractivity contribution is 7.47. The first-order chi connectivity index (χ1) is 41.9. The average molecular weight is 1280 g/mol. The van der Waals surface area contributed by atoms with Gasteiger partial charge in [-0.05, 0) is 37.5 Å². The van der Waals surface area contributed by atoms with Crippen LogP contribution in [0.3, 0.4) is 0 Å². The van der Waals surface area contributed by atoms with Crippen LogP contribution in [0, 0.1) is 11.8 Å². The highest BCUT2D eigenvalue weighted by Crippen LogP contribution is 2.45. The molecule has 0 aliphatic heterocycles. The van der Waals surface area contributed by atoms with E-state index in [1.807, 2.05) is 0 Å². The van der Waals surface area contributed by atoms with Crippen LogP contribution in [0.25, 0.3) is 0 Å². The number of phosphoric acid groups is 2. The molecule has 0 aliphatic carbocycles. The lowest BCUT2D eigenvalue weighted by molar-refractivity contribution is -0.161. The summed E-state index contributed by atoms with van der Waals surface area (Å²) in [6, 6.07) is 0. The van der Waals surface area contributed by atoms with Gasteiger partial charge in [-0.2, -0.15) is 0 Å². The summed E-state index contributed by atoms with van der Waals surface area (Å²) in [5.41, 5.74) is 0. The van der Waals surface area contributed by atoms with Crippen molar-refractivity contribution in [1.29, 1.82) is 0 Å². The van der Waals surface area contributed by atoms with Crippen molar-refractivity contribution in [3.05, 3.63) is 0 Å². The minimum absolute atomic E-state index is 0.106. The van der Waals surface area contributed by atoms with E-state index in [2.05, 4.69) is 41.5 Å². The number of phosphoric ester groups is 2. The first-order valence-corrected chi connectivity index (χ1v) is 38.5. The van der Waals surface area contributed by atoms with Crippen LogP contribution in [0.15, 0.2) is 0 Å². The minimum atomic E-state index is -4.95. The van der Waals surface area contributed by atoms with Crippen LogP contribution in [-0.2, 0) is 65.4 Å². The summed E-state index contributed by atoms with van der Waals surface area (Å²) >= 11 is 0. The fourth-order valence-corrected chi connectivity index (χ4v) is 11.8. The van der Waals surface area contributed by atoms with E-state index in [1.165, 1.54) is 148 Å². The van der Waals surface area contributed by atoms with Crippen LogP contribution in [0.5, 0.6) is 0 Å². The molecule has 0 radical (unpaired) electrons. The molecule has 0 aromatic carbocycles. The van der Waals surface area contributed by atoms with Crippen LogP contribution < -0.4 is 0 Å². The maximum absolute atomic E-state index is 13.0. The Morgan fingerprint density at radius 1 is 0.310 bits per heavy atom. The molecule has 3 N–H and O–H groups in total. The van der Waals surface area contributed by atoms with Gasteiger partial charge < -0.3 is 33.8 Å². The van der Waals surface area contributed by atoms with Gasteiger partial charge in [-0.1, -0.05) is 292 Å². The fourth-order valence-electron chi connectivity index (χ4n) is 10.2. The van der Waals surface area contributed by atoms with E-state index in [4.69, 9.17) is 37.0 Å². The highest BCUT2D eigenvalue weighted by Gasteiger charge is 2.30. The third-order valence-electron chi connectivity index (χ3n) is 15.7. The smallest absolute Gasteiger partial charge is 0.462 e. The topological polar surface area (TPSA) is 237 Å². The Morgan fingerprint density at radius 3 is 0.782 bits per heavy atom. The normalized spacial score (nSPS) is 14.2. The quantitative estimate of drug-likeness (QED) is 0.0222. The molecule has 0 spiro atoms. The molecular weight excluding hydrogens is 1150 g/mol. The Bertz CT molecular complexity index is 1700. The monoisotopic (exact) mass is 1280 g/mol. The van der Waals surface area contributed by atoms with Crippen molar-refractivity contribution in [2.75, 3.05) is 39.6 Å². The Labute approximate surface area is 530 Å². The molecule has 17 nitrogen and oxygen atoms in total. The van der Waals surface area contributed by atoms with Crippen molar-refractivity contribution in [2.24, 2.45) is 11.8 Å². The molecule has 0 amide bonds. The van der Waals surface area contributed by atoms with Crippen LogP contribution in [0.1, 0.15) is 343 Å².